The first kappa shape index (κ1) is 18.8. The number of carbonyl (C=O) groups excluding carboxylic acids is 1. The summed E-state index contributed by atoms with van der Waals surface area (Å²) < 4.78 is 1.14. The van der Waals surface area contributed by atoms with Crippen molar-refractivity contribution >= 4 is 33.5 Å². The van der Waals surface area contributed by atoms with Crippen LogP contribution in [-0.2, 0) is 11.3 Å². The van der Waals surface area contributed by atoms with Crippen LogP contribution in [-0.4, -0.2) is 34.9 Å². The van der Waals surface area contributed by atoms with Crippen molar-refractivity contribution in [3.63, 3.8) is 0 Å². The van der Waals surface area contributed by atoms with Crippen molar-refractivity contribution in [3.05, 3.63) is 70.7 Å². The van der Waals surface area contributed by atoms with Crippen molar-refractivity contribution in [2.45, 2.75) is 32.4 Å². The Kier molecular flexibility index (Phi) is 5.84. The maximum Gasteiger partial charge on any atom is 0.244 e. The topological polar surface area (TPSA) is 45.2 Å². The monoisotopic (exact) mass is 391 g/mol. The summed E-state index contributed by atoms with van der Waals surface area (Å²) in [6, 6.07) is 17.0. The van der Waals surface area contributed by atoms with Crippen molar-refractivity contribution in [2.75, 3.05) is 13.1 Å². The van der Waals surface area contributed by atoms with E-state index in [0.29, 0.717) is 0 Å². The van der Waals surface area contributed by atoms with Gasteiger partial charge in [0.2, 0.25) is 5.91 Å². The average Bonchev–Trinajstić information content (AvgIpc) is 3.11. The lowest BCUT2D eigenvalue weighted by atomic mass is 10.0. The van der Waals surface area contributed by atoms with Crippen LogP contribution in [0.4, 0.5) is 0 Å². The third kappa shape index (κ3) is 4.86. The molecule has 2 aromatic carbocycles. The minimum Gasteiger partial charge on any atom is -0.350 e. The van der Waals surface area contributed by atoms with E-state index in [1.54, 1.807) is 17.4 Å². The van der Waals surface area contributed by atoms with Crippen molar-refractivity contribution in [2.24, 2.45) is 0 Å². The number of aromatic nitrogens is 1. The van der Waals surface area contributed by atoms with E-state index in [-0.39, 0.29) is 11.9 Å². The van der Waals surface area contributed by atoms with Gasteiger partial charge in [-0.05, 0) is 43.5 Å². The number of amides is 1. The largest absolute Gasteiger partial charge is 0.350 e. The quantitative estimate of drug-likeness (QED) is 0.656. The zero-order valence-corrected chi connectivity index (χ0v) is 16.9. The number of likely N-dealkylation sites (tertiary alicyclic amines) is 1. The Morgan fingerprint density at radius 2 is 2.04 bits per heavy atom. The van der Waals surface area contributed by atoms with Gasteiger partial charge < -0.3 is 5.32 Å². The van der Waals surface area contributed by atoms with Gasteiger partial charge in [0, 0.05) is 31.8 Å². The molecule has 0 bridgehead atoms. The molecule has 2 heterocycles. The predicted molar refractivity (Wildman–Crippen MR) is 116 cm³/mol. The molecule has 1 aliphatic rings. The smallest absolute Gasteiger partial charge is 0.244 e. The van der Waals surface area contributed by atoms with Crippen LogP contribution in [0.5, 0.6) is 0 Å². The van der Waals surface area contributed by atoms with E-state index in [2.05, 4.69) is 52.5 Å². The third-order valence-electron chi connectivity index (χ3n) is 5.11. The number of nitrogens with zero attached hydrogens (tertiary/aromatic N) is 2. The van der Waals surface area contributed by atoms with Crippen molar-refractivity contribution in [1.82, 2.24) is 15.2 Å². The zero-order valence-electron chi connectivity index (χ0n) is 16.1. The maximum atomic E-state index is 12.3. The molecule has 0 radical (unpaired) electrons. The molecule has 0 atom stereocenters. The molecule has 0 saturated carbocycles. The van der Waals surface area contributed by atoms with Gasteiger partial charge in [-0.2, -0.15) is 0 Å². The van der Waals surface area contributed by atoms with Crippen LogP contribution in [0, 0.1) is 6.92 Å². The van der Waals surface area contributed by atoms with Gasteiger partial charge in [0.1, 0.15) is 5.01 Å². The lowest BCUT2D eigenvalue weighted by Crippen LogP contribution is -2.43. The molecule has 1 fully saturated rings. The van der Waals surface area contributed by atoms with Crippen molar-refractivity contribution in [3.8, 4) is 0 Å². The fraction of sp³-hybridized carbons (Fsp3) is 0.304. The zero-order chi connectivity index (χ0) is 19.3. The van der Waals surface area contributed by atoms with E-state index in [9.17, 15) is 4.79 Å². The summed E-state index contributed by atoms with van der Waals surface area (Å²) in [6.07, 6.45) is 5.41. The molecule has 4 nitrogen and oxygen atoms in total. The van der Waals surface area contributed by atoms with Gasteiger partial charge in [0.05, 0.1) is 10.2 Å². The average molecular weight is 392 g/mol. The molecule has 1 aromatic heterocycles. The molecule has 1 aliphatic heterocycles. The fourth-order valence-electron chi connectivity index (χ4n) is 3.66. The van der Waals surface area contributed by atoms with Crippen LogP contribution < -0.4 is 5.32 Å². The Hall–Kier alpha value is -2.50. The van der Waals surface area contributed by atoms with Crippen molar-refractivity contribution in [1.29, 1.82) is 0 Å². The van der Waals surface area contributed by atoms with Gasteiger partial charge in [-0.15, -0.1) is 11.3 Å². The maximum absolute atomic E-state index is 12.3. The lowest BCUT2D eigenvalue weighted by Gasteiger charge is -2.32. The summed E-state index contributed by atoms with van der Waals surface area (Å²) in [7, 11) is 0. The molecule has 0 aliphatic carbocycles. The number of aryl methyl sites for hydroxylation is 1. The highest BCUT2D eigenvalue weighted by molar-refractivity contribution is 7.19. The SMILES string of the molecule is Cc1cccc(CN2CCC(NC(=O)/C=C/c3nc4ccccc4s3)CC2)c1. The van der Waals surface area contributed by atoms with E-state index in [4.69, 9.17) is 0 Å². The van der Waals surface area contributed by atoms with Gasteiger partial charge in [-0.3, -0.25) is 9.69 Å². The molecule has 28 heavy (non-hydrogen) atoms. The molecule has 5 heteroatoms. The third-order valence-corrected chi connectivity index (χ3v) is 6.11. The molecular weight excluding hydrogens is 366 g/mol. The first-order valence-corrected chi connectivity index (χ1v) is 10.6. The highest BCUT2D eigenvalue weighted by atomic mass is 32.1. The number of fused-ring (bicyclic) bond motifs is 1. The lowest BCUT2D eigenvalue weighted by molar-refractivity contribution is -0.117. The van der Waals surface area contributed by atoms with Crippen LogP contribution >= 0.6 is 11.3 Å². The Bertz CT molecular complexity index is 953. The molecule has 144 valence electrons. The summed E-state index contributed by atoms with van der Waals surface area (Å²) in [5, 5.41) is 4.01. The standard InChI is InChI=1S/C23H25N3OS/c1-17-5-4-6-18(15-17)16-26-13-11-19(12-14-26)24-22(27)9-10-23-25-20-7-2-3-8-21(20)28-23/h2-10,15,19H,11-14,16H2,1H3,(H,24,27)/b10-9+. The Morgan fingerprint density at radius 1 is 1.21 bits per heavy atom. The normalized spacial score (nSPS) is 16.0. The number of carbonyl (C=O) groups is 1. The van der Waals surface area contributed by atoms with Crippen LogP contribution in [0.2, 0.25) is 0 Å². The van der Waals surface area contributed by atoms with E-state index in [1.807, 2.05) is 24.3 Å². The van der Waals surface area contributed by atoms with Crippen LogP contribution in [0.3, 0.4) is 0 Å². The predicted octanol–water partition coefficient (Wildman–Crippen LogP) is 4.40. The van der Waals surface area contributed by atoms with Crippen molar-refractivity contribution < 1.29 is 4.79 Å². The Morgan fingerprint density at radius 3 is 2.82 bits per heavy atom. The summed E-state index contributed by atoms with van der Waals surface area (Å²) in [5.41, 5.74) is 3.65. The van der Waals surface area contributed by atoms with E-state index in [1.165, 1.54) is 11.1 Å². The minimum atomic E-state index is -0.0311. The van der Waals surface area contributed by atoms with E-state index < -0.39 is 0 Å². The van der Waals surface area contributed by atoms with Gasteiger partial charge in [0.15, 0.2) is 0 Å². The number of nitrogens with one attached hydrogen (secondary N) is 1. The molecular formula is C23H25N3OS. The fourth-order valence-corrected chi connectivity index (χ4v) is 4.53. The number of hydrogen-bond donors (Lipinski definition) is 1. The second-order valence-electron chi connectivity index (χ2n) is 7.40. The van der Waals surface area contributed by atoms with Gasteiger partial charge in [-0.1, -0.05) is 42.0 Å². The number of rotatable bonds is 5. The minimum absolute atomic E-state index is 0.0311. The number of benzene rings is 2. The van der Waals surface area contributed by atoms with E-state index in [0.717, 1.165) is 47.7 Å². The van der Waals surface area contributed by atoms with Crippen LogP contribution in [0.1, 0.15) is 29.0 Å². The molecule has 4 rings (SSSR count). The van der Waals surface area contributed by atoms with E-state index >= 15 is 0 Å². The van der Waals surface area contributed by atoms with Gasteiger partial charge >= 0.3 is 0 Å². The van der Waals surface area contributed by atoms with Gasteiger partial charge in [0.25, 0.3) is 0 Å². The second kappa shape index (κ2) is 8.67. The first-order valence-electron chi connectivity index (χ1n) is 9.78. The molecule has 0 unspecified atom stereocenters. The highest BCUT2D eigenvalue weighted by Crippen LogP contribution is 2.22. The number of hydrogen-bond acceptors (Lipinski definition) is 4. The summed E-state index contributed by atoms with van der Waals surface area (Å²) in [4.78, 5) is 19.3. The number of thiazole rings is 1. The van der Waals surface area contributed by atoms with Gasteiger partial charge in [-0.25, -0.2) is 4.98 Å². The first-order chi connectivity index (χ1) is 13.7. The van der Waals surface area contributed by atoms with Crippen LogP contribution in [0.15, 0.2) is 54.6 Å². The summed E-state index contributed by atoms with van der Waals surface area (Å²) >= 11 is 1.60. The number of piperidine rings is 1. The summed E-state index contributed by atoms with van der Waals surface area (Å²) in [6.45, 7) is 5.15. The molecule has 1 amide bonds. The van der Waals surface area contributed by atoms with Crippen LogP contribution in [0.25, 0.3) is 16.3 Å². The molecule has 1 saturated heterocycles. The second-order valence-corrected chi connectivity index (χ2v) is 8.46. The Balaban J connectivity index is 1.25. The number of para-hydroxylation sites is 1. The molecule has 3 aromatic rings. The highest BCUT2D eigenvalue weighted by Gasteiger charge is 2.20. The molecule has 0 spiro atoms. The Labute approximate surface area is 169 Å². The summed E-state index contributed by atoms with van der Waals surface area (Å²) in [5.74, 6) is -0.0311. The molecule has 1 N–H and O–H groups in total.